The van der Waals surface area contributed by atoms with Crippen molar-refractivity contribution >= 4 is 12.4 Å². The van der Waals surface area contributed by atoms with Crippen molar-refractivity contribution in [3.63, 3.8) is 0 Å². The van der Waals surface area contributed by atoms with Crippen LogP contribution in [0.4, 0.5) is 13.2 Å². The fourth-order valence-corrected chi connectivity index (χ4v) is 2.86. The van der Waals surface area contributed by atoms with Crippen LogP contribution in [0.5, 0.6) is 11.5 Å². The highest BCUT2D eigenvalue weighted by Gasteiger charge is 2.31. The van der Waals surface area contributed by atoms with Crippen LogP contribution in [0.15, 0.2) is 18.2 Å². The maximum atomic E-state index is 12.7. The molecule has 0 unspecified atom stereocenters. The average Bonchev–Trinajstić information content (AvgIpc) is 2.51. The van der Waals surface area contributed by atoms with Gasteiger partial charge in [0, 0.05) is 38.6 Å². The molecule has 0 aliphatic carbocycles. The largest absolute Gasteiger partial charge is 0.504 e. The number of alkyl halides is 3. The first-order chi connectivity index (χ1) is 10.9. The molecule has 1 fully saturated rings. The predicted molar refractivity (Wildman–Crippen MR) is 89.0 cm³/mol. The highest BCUT2D eigenvalue weighted by Crippen LogP contribution is 2.35. The van der Waals surface area contributed by atoms with E-state index in [1.165, 1.54) is 6.07 Å². The van der Waals surface area contributed by atoms with Crippen molar-refractivity contribution < 1.29 is 23.0 Å². The van der Waals surface area contributed by atoms with E-state index < -0.39 is 12.6 Å². The highest BCUT2D eigenvalue weighted by atomic mass is 35.5. The van der Waals surface area contributed by atoms with Crippen LogP contribution in [0.3, 0.4) is 0 Å². The van der Waals surface area contributed by atoms with Gasteiger partial charge in [0.25, 0.3) is 0 Å². The third kappa shape index (κ3) is 6.03. The van der Waals surface area contributed by atoms with Gasteiger partial charge in [-0.25, -0.2) is 0 Å². The molecule has 1 aliphatic rings. The minimum Gasteiger partial charge on any atom is -0.504 e. The number of piperazine rings is 1. The maximum absolute atomic E-state index is 12.7. The summed E-state index contributed by atoms with van der Waals surface area (Å²) in [7, 11) is 0. The molecule has 0 spiro atoms. The summed E-state index contributed by atoms with van der Waals surface area (Å²) in [4.78, 5) is 2.06. The Labute approximate surface area is 146 Å². The monoisotopic (exact) mass is 368 g/mol. The van der Waals surface area contributed by atoms with E-state index in [0.29, 0.717) is 25.4 Å². The zero-order chi connectivity index (χ0) is 16.9. The van der Waals surface area contributed by atoms with Crippen molar-refractivity contribution in [2.45, 2.75) is 32.0 Å². The number of phenols is 1. The van der Waals surface area contributed by atoms with Crippen LogP contribution in [-0.2, 0) is 0 Å². The van der Waals surface area contributed by atoms with Gasteiger partial charge in [0.1, 0.15) is 0 Å². The van der Waals surface area contributed by atoms with Crippen LogP contribution in [-0.4, -0.2) is 49.0 Å². The van der Waals surface area contributed by atoms with E-state index in [-0.39, 0.29) is 30.6 Å². The van der Waals surface area contributed by atoms with E-state index in [4.69, 9.17) is 4.74 Å². The smallest absolute Gasteiger partial charge is 0.389 e. The molecule has 24 heavy (non-hydrogen) atoms. The second-order valence-electron chi connectivity index (χ2n) is 5.62. The number of hydrogen-bond donors (Lipinski definition) is 2. The Bertz CT molecular complexity index is 509. The number of hydrogen-bond acceptors (Lipinski definition) is 4. The average molecular weight is 369 g/mol. The first-order valence-electron chi connectivity index (χ1n) is 7.88. The van der Waals surface area contributed by atoms with Gasteiger partial charge in [0.2, 0.25) is 0 Å². The van der Waals surface area contributed by atoms with Gasteiger partial charge in [-0.05, 0) is 31.0 Å². The molecule has 2 N–H and O–H groups in total. The van der Waals surface area contributed by atoms with E-state index in [0.717, 1.165) is 18.7 Å². The fourth-order valence-electron chi connectivity index (χ4n) is 2.86. The van der Waals surface area contributed by atoms with Gasteiger partial charge >= 0.3 is 6.18 Å². The summed E-state index contributed by atoms with van der Waals surface area (Å²) >= 11 is 0. The van der Waals surface area contributed by atoms with E-state index in [1.54, 1.807) is 19.1 Å². The van der Waals surface area contributed by atoms with Crippen molar-refractivity contribution in [1.29, 1.82) is 0 Å². The Balaban J connectivity index is 0.00000288. The second kappa shape index (κ2) is 9.34. The molecule has 138 valence electrons. The predicted octanol–water partition coefficient (Wildman–Crippen LogP) is 3.50. The number of nitrogens with zero attached hydrogens (tertiary/aromatic N) is 1. The molecule has 1 saturated heterocycles. The molecule has 8 heteroatoms. The van der Waals surface area contributed by atoms with Gasteiger partial charge < -0.3 is 15.2 Å². The van der Waals surface area contributed by atoms with Gasteiger partial charge in [-0.15, -0.1) is 12.4 Å². The molecule has 0 saturated carbocycles. The van der Waals surface area contributed by atoms with Gasteiger partial charge in [0.05, 0.1) is 6.61 Å². The van der Waals surface area contributed by atoms with Gasteiger partial charge in [-0.1, -0.05) is 6.07 Å². The van der Waals surface area contributed by atoms with Gasteiger partial charge in [-0.2, -0.15) is 13.2 Å². The summed E-state index contributed by atoms with van der Waals surface area (Å²) in [6, 6.07) is 4.49. The topological polar surface area (TPSA) is 44.7 Å². The number of nitrogens with one attached hydrogen (secondary N) is 1. The first kappa shape index (κ1) is 20.9. The van der Waals surface area contributed by atoms with Crippen molar-refractivity contribution in [1.82, 2.24) is 10.2 Å². The van der Waals surface area contributed by atoms with Crippen LogP contribution in [0.1, 0.15) is 31.4 Å². The number of aromatic hydroxyl groups is 1. The standard InChI is InChI=1S/C16H23F3N2O2.ClH/c1-2-23-15-11-12(3-4-14(15)22)13(5-6-16(17,18)19)21-9-7-20-8-10-21;/h3-4,11,13,20,22H,2,5-10H2,1H3;1H/t13-;/m0./s1. The van der Waals surface area contributed by atoms with Crippen molar-refractivity contribution in [3.05, 3.63) is 23.8 Å². The lowest BCUT2D eigenvalue weighted by Crippen LogP contribution is -2.45. The molecule has 1 aromatic carbocycles. The summed E-state index contributed by atoms with van der Waals surface area (Å²) in [5.74, 6) is 0.322. The normalized spacial score (nSPS) is 17.2. The Morgan fingerprint density at radius 1 is 1.29 bits per heavy atom. The lowest BCUT2D eigenvalue weighted by Gasteiger charge is -2.35. The quantitative estimate of drug-likeness (QED) is 0.806. The van der Waals surface area contributed by atoms with E-state index in [1.807, 2.05) is 0 Å². The molecule has 1 atom stereocenters. The lowest BCUT2D eigenvalue weighted by molar-refractivity contribution is -0.138. The number of rotatable bonds is 6. The molecule has 1 heterocycles. The zero-order valence-corrected chi connectivity index (χ0v) is 14.4. The van der Waals surface area contributed by atoms with Gasteiger partial charge in [-0.3, -0.25) is 4.90 Å². The van der Waals surface area contributed by atoms with Crippen molar-refractivity contribution in [2.24, 2.45) is 0 Å². The molecule has 1 aromatic rings. The van der Waals surface area contributed by atoms with Crippen LogP contribution < -0.4 is 10.1 Å². The molecule has 0 aromatic heterocycles. The zero-order valence-electron chi connectivity index (χ0n) is 13.6. The molecular formula is C16H24ClF3N2O2. The maximum Gasteiger partial charge on any atom is 0.389 e. The lowest BCUT2D eigenvalue weighted by atomic mass is 9.98. The summed E-state index contributed by atoms with van der Waals surface area (Å²) < 4.78 is 43.4. The number of benzene rings is 1. The first-order valence-corrected chi connectivity index (χ1v) is 7.88. The molecule has 4 nitrogen and oxygen atoms in total. The molecule has 0 amide bonds. The number of ether oxygens (including phenoxy) is 1. The summed E-state index contributed by atoms with van der Waals surface area (Å²) in [6.07, 6.45) is -5.00. The third-order valence-electron chi connectivity index (χ3n) is 3.96. The van der Waals surface area contributed by atoms with Gasteiger partial charge in [0.15, 0.2) is 11.5 Å². The van der Waals surface area contributed by atoms with Crippen LogP contribution >= 0.6 is 12.4 Å². The SMILES string of the molecule is CCOc1cc([C@H](CCC(F)(F)F)N2CCNCC2)ccc1O.Cl. The van der Waals surface area contributed by atoms with Crippen molar-refractivity contribution in [2.75, 3.05) is 32.8 Å². The molecule has 2 rings (SSSR count). The Morgan fingerprint density at radius 2 is 1.96 bits per heavy atom. The van der Waals surface area contributed by atoms with E-state index >= 15 is 0 Å². The highest BCUT2D eigenvalue weighted by molar-refractivity contribution is 5.85. The number of phenolic OH excluding ortho intramolecular Hbond substituents is 1. The Kier molecular flexibility index (Phi) is 8.12. The fraction of sp³-hybridized carbons (Fsp3) is 0.625. The summed E-state index contributed by atoms with van der Waals surface area (Å²) in [5.41, 5.74) is 0.748. The number of halogens is 4. The Hall–Kier alpha value is -1.18. The molecular weight excluding hydrogens is 345 g/mol. The summed E-state index contributed by atoms with van der Waals surface area (Å²) in [5, 5.41) is 13.0. The molecule has 1 aliphatic heterocycles. The summed E-state index contributed by atoms with van der Waals surface area (Å²) in [6.45, 7) is 5.11. The third-order valence-corrected chi connectivity index (χ3v) is 3.96. The minimum atomic E-state index is -4.17. The van der Waals surface area contributed by atoms with E-state index in [2.05, 4.69) is 10.2 Å². The molecule has 0 radical (unpaired) electrons. The Morgan fingerprint density at radius 3 is 2.54 bits per heavy atom. The molecule has 0 bridgehead atoms. The van der Waals surface area contributed by atoms with E-state index in [9.17, 15) is 18.3 Å². The van der Waals surface area contributed by atoms with Crippen molar-refractivity contribution in [3.8, 4) is 11.5 Å². The minimum absolute atomic E-state index is 0. The van der Waals surface area contributed by atoms with Crippen LogP contribution in [0, 0.1) is 0 Å². The van der Waals surface area contributed by atoms with Crippen LogP contribution in [0.25, 0.3) is 0 Å². The second-order valence-corrected chi connectivity index (χ2v) is 5.62. The van der Waals surface area contributed by atoms with Crippen LogP contribution in [0.2, 0.25) is 0 Å².